The van der Waals surface area contributed by atoms with E-state index in [1.165, 1.54) is 0 Å². The Kier molecular flexibility index (Phi) is 5.75. The summed E-state index contributed by atoms with van der Waals surface area (Å²) in [6.07, 6.45) is 7.08. The average Bonchev–Trinajstić information content (AvgIpc) is 3.27. The molecule has 0 N–H and O–H groups in total. The number of Topliss-reactive ketones (excluding diaryl/α,β-unsaturated/α-hetero) is 1. The molecule has 3 aromatic rings. The third-order valence-corrected chi connectivity index (χ3v) is 5.27. The highest BCUT2D eigenvalue weighted by Gasteiger charge is 2.20. The molecule has 6 heteroatoms. The van der Waals surface area contributed by atoms with Crippen molar-refractivity contribution in [2.75, 3.05) is 31.1 Å². The van der Waals surface area contributed by atoms with Crippen LogP contribution in [0.15, 0.2) is 73.1 Å². The third kappa shape index (κ3) is 4.49. The van der Waals surface area contributed by atoms with E-state index in [2.05, 4.69) is 10.00 Å². The highest BCUT2D eigenvalue weighted by molar-refractivity contribution is 5.94. The van der Waals surface area contributed by atoms with Gasteiger partial charge in [-0.3, -0.25) is 9.59 Å². The first-order valence-corrected chi connectivity index (χ1v) is 10.0. The van der Waals surface area contributed by atoms with Crippen LogP contribution in [0.4, 0.5) is 5.69 Å². The maximum absolute atomic E-state index is 12.6. The van der Waals surface area contributed by atoms with Crippen molar-refractivity contribution in [1.82, 2.24) is 14.7 Å². The van der Waals surface area contributed by atoms with Crippen molar-refractivity contribution < 1.29 is 9.59 Å². The fourth-order valence-electron chi connectivity index (χ4n) is 3.51. The number of piperazine rings is 1. The maximum Gasteiger partial charge on any atom is 0.246 e. The lowest BCUT2D eigenvalue weighted by Gasteiger charge is -2.35. The van der Waals surface area contributed by atoms with Crippen LogP contribution in [-0.2, 0) is 4.79 Å². The van der Waals surface area contributed by atoms with Crippen LogP contribution in [0.5, 0.6) is 0 Å². The molecule has 4 rings (SSSR count). The molecular formula is C24H24N4O2. The zero-order chi connectivity index (χ0) is 20.9. The second kappa shape index (κ2) is 8.78. The second-order valence-corrected chi connectivity index (χ2v) is 7.30. The molecule has 1 aliphatic rings. The van der Waals surface area contributed by atoms with Crippen LogP contribution >= 0.6 is 0 Å². The standard InChI is InChI=1S/C24H24N4O2/c1-19(29)21-8-10-22(11-9-21)26-13-15-27(16-14-26)24(30)12-7-20-17-25-28(18-20)23-5-3-2-4-6-23/h2-12,17-18H,13-16H2,1H3/b12-7+. The molecule has 0 bridgehead atoms. The van der Waals surface area contributed by atoms with Crippen molar-refractivity contribution in [1.29, 1.82) is 0 Å². The largest absolute Gasteiger partial charge is 0.368 e. The fraction of sp³-hybridized carbons (Fsp3) is 0.208. The molecule has 2 aromatic carbocycles. The molecule has 1 fully saturated rings. The van der Waals surface area contributed by atoms with Crippen LogP contribution in [0.25, 0.3) is 11.8 Å². The van der Waals surface area contributed by atoms with Crippen molar-refractivity contribution >= 4 is 23.5 Å². The Morgan fingerprint density at radius 1 is 0.900 bits per heavy atom. The van der Waals surface area contributed by atoms with Gasteiger partial charge in [-0.15, -0.1) is 0 Å². The third-order valence-electron chi connectivity index (χ3n) is 5.27. The highest BCUT2D eigenvalue weighted by Crippen LogP contribution is 2.18. The molecule has 0 radical (unpaired) electrons. The second-order valence-electron chi connectivity index (χ2n) is 7.30. The molecule has 6 nitrogen and oxygen atoms in total. The Labute approximate surface area is 176 Å². The number of rotatable bonds is 5. The van der Waals surface area contributed by atoms with E-state index in [-0.39, 0.29) is 11.7 Å². The van der Waals surface area contributed by atoms with Gasteiger partial charge < -0.3 is 9.80 Å². The molecule has 2 heterocycles. The number of aromatic nitrogens is 2. The minimum Gasteiger partial charge on any atom is -0.368 e. The van der Waals surface area contributed by atoms with Crippen LogP contribution < -0.4 is 4.90 Å². The van der Waals surface area contributed by atoms with Gasteiger partial charge in [0, 0.05) is 55.3 Å². The molecule has 1 aliphatic heterocycles. The van der Waals surface area contributed by atoms with Gasteiger partial charge in [-0.1, -0.05) is 18.2 Å². The predicted octanol–water partition coefficient (Wildman–Crippen LogP) is 3.44. The van der Waals surface area contributed by atoms with Gasteiger partial charge in [0.2, 0.25) is 5.91 Å². The first-order valence-electron chi connectivity index (χ1n) is 10.0. The van der Waals surface area contributed by atoms with E-state index in [0.717, 1.165) is 30.0 Å². The summed E-state index contributed by atoms with van der Waals surface area (Å²) in [6.45, 7) is 4.44. The quantitative estimate of drug-likeness (QED) is 0.486. The zero-order valence-corrected chi connectivity index (χ0v) is 16.9. The van der Waals surface area contributed by atoms with Gasteiger partial charge >= 0.3 is 0 Å². The number of hydrogen-bond acceptors (Lipinski definition) is 4. The van der Waals surface area contributed by atoms with Gasteiger partial charge in [0.1, 0.15) is 0 Å². The fourth-order valence-corrected chi connectivity index (χ4v) is 3.51. The maximum atomic E-state index is 12.6. The predicted molar refractivity (Wildman–Crippen MR) is 118 cm³/mol. The molecule has 0 spiro atoms. The number of anilines is 1. The van der Waals surface area contributed by atoms with E-state index >= 15 is 0 Å². The molecular weight excluding hydrogens is 376 g/mol. The lowest BCUT2D eigenvalue weighted by molar-refractivity contribution is -0.126. The molecule has 0 saturated carbocycles. The molecule has 30 heavy (non-hydrogen) atoms. The van der Waals surface area contributed by atoms with Crippen molar-refractivity contribution in [2.45, 2.75) is 6.92 Å². The van der Waals surface area contributed by atoms with Gasteiger partial charge in [-0.2, -0.15) is 5.10 Å². The summed E-state index contributed by atoms with van der Waals surface area (Å²) in [4.78, 5) is 28.1. The van der Waals surface area contributed by atoms with Crippen LogP contribution in [0.2, 0.25) is 0 Å². The number of para-hydroxylation sites is 1. The minimum atomic E-state index is 0.00837. The van der Waals surface area contributed by atoms with E-state index in [1.807, 2.05) is 71.8 Å². The van der Waals surface area contributed by atoms with Crippen LogP contribution in [0.1, 0.15) is 22.8 Å². The zero-order valence-electron chi connectivity index (χ0n) is 16.9. The monoisotopic (exact) mass is 400 g/mol. The normalized spacial score (nSPS) is 14.3. The summed E-state index contributed by atoms with van der Waals surface area (Å²) >= 11 is 0. The van der Waals surface area contributed by atoms with Gasteiger partial charge in [-0.05, 0) is 49.4 Å². The van der Waals surface area contributed by atoms with E-state index in [4.69, 9.17) is 0 Å². The van der Waals surface area contributed by atoms with E-state index in [0.29, 0.717) is 18.7 Å². The number of nitrogens with zero attached hydrogens (tertiary/aromatic N) is 4. The minimum absolute atomic E-state index is 0.00837. The smallest absolute Gasteiger partial charge is 0.246 e. The Morgan fingerprint density at radius 2 is 1.60 bits per heavy atom. The van der Waals surface area contributed by atoms with Gasteiger partial charge in [-0.25, -0.2) is 4.68 Å². The van der Waals surface area contributed by atoms with Crippen molar-refractivity contribution in [3.63, 3.8) is 0 Å². The number of carbonyl (C=O) groups excluding carboxylic acids is 2. The van der Waals surface area contributed by atoms with E-state index in [9.17, 15) is 9.59 Å². The summed E-state index contributed by atoms with van der Waals surface area (Å²) in [5.74, 6) is 0.0760. The number of hydrogen-bond donors (Lipinski definition) is 0. The molecule has 1 saturated heterocycles. The molecule has 1 aromatic heterocycles. The Balaban J connectivity index is 1.32. The molecule has 0 atom stereocenters. The molecule has 0 aliphatic carbocycles. The van der Waals surface area contributed by atoms with Crippen LogP contribution in [0.3, 0.4) is 0 Å². The Hall–Kier alpha value is -3.67. The molecule has 0 unspecified atom stereocenters. The molecule has 1 amide bonds. The lowest BCUT2D eigenvalue weighted by Crippen LogP contribution is -2.48. The van der Waals surface area contributed by atoms with Crippen molar-refractivity contribution in [3.8, 4) is 5.69 Å². The lowest BCUT2D eigenvalue weighted by atomic mass is 10.1. The topological polar surface area (TPSA) is 58.4 Å². The Morgan fingerprint density at radius 3 is 2.27 bits per heavy atom. The van der Waals surface area contributed by atoms with E-state index in [1.54, 1.807) is 23.9 Å². The van der Waals surface area contributed by atoms with Crippen molar-refractivity contribution in [2.24, 2.45) is 0 Å². The van der Waals surface area contributed by atoms with Gasteiger partial charge in [0.05, 0.1) is 11.9 Å². The molecule has 152 valence electrons. The number of ketones is 1. The first-order chi connectivity index (χ1) is 14.6. The summed E-state index contributed by atoms with van der Waals surface area (Å²) in [5.41, 5.74) is 3.66. The number of amides is 1. The number of carbonyl (C=O) groups is 2. The number of benzene rings is 2. The average molecular weight is 400 g/mol. The first kappa shape index (κ1) is 19.6. The summed E-state index contributed by atoms with van der Waals surface area (Å²) in [7, 11) is 0. The van der Waals surface area contributed by atoms with Crippen LogP contribution in [-0.4, -0.2) is 52.5 Å². The van der Waals surface area contributed by atoms with Gasteiger partial charge in [0.25, 0.3) is 0 Å². The van der Waals surface area contributed by atoms with Gasteiger partial charge in [0.15, 0.2) is 5.78 Å². The van der Waals surface area contributed by atoms with Crippen LogP contribution in [0, 0.1) is 0 Å². The summed E-state index contributed by atoms with van der Waals surface area (Å²) in [5, 5.41) is 4.35. The van der Waals surface area contributed by atoms with E-state index < -0.39 is 0 Å². The highest BCUT2D eigenvalue weighted by atomic mass is 16.2. The summed E-state index contributed by atoms with van der Waals surface area (Å²) < 4.78 is 1.79. The SMILES string of the molecule is CC(=O)c1ccc(N2CCN(C(=O)/C=C/c3cnn(-c4ccccc4)c3)CC2)cc1. The Bertz CT molecular complexity index is 1050. The summed E-state index contributed by atoms with van der Waals surface area (Å²) in [6, 6.07) is 17.5. The van der Waals surface area contributed by atoms with Crippen molar-refractivity contribution in [3.05, 3.63) is 84.2 Å².